The number of ether oxygens (including phenoxy) is 2. The molecule has 2 aromatic carbocycles. The number of hydrogen-bond acceptors (Lipinski definition) is 9. The molecule has 0 atom stereocenters. The van der Waals surface area contributed by atoms with Gasteiger partial charge in [0.1, 0.15) is 21.4 Å². The van der Waals surface area contributed by atoms with Crippen molar-refractivity contribution in [3.63, 3.8) is 0 Å². The molecule has 0 saturated carbocycles. The van der Waals surface area contributed by atoms with Gasteiger partial charge in [0.05, 0.1) is 24.6 Å². The van der Waals surface area contributed by atoms with Crippen LogP contribution in [-0.4, -0.2) is 41.9 Å². The van der Waals surface area contributed by atoms with Crippen LogP contribution in [0, 0.1) is 6.92 Å². The quantitative estimate of drug-likeness (QED) is 0.287. The third-order valence-electron chi connectivity index (χ3n) is 5.33. The van der Waals surface area contributed by atoms with Crippen LogP contribution in [0.1, 0.15) is 39.6 Å². The summed E-state index contributed by atoms with van der Waals surface area (Å²) in [5.41, 5.74) is 1.50. The van der Waals surface area contributed by atoms with Gasteiger partial charge in [0.15, 0.2) is 5.13 Å². The van der Waals surface area contributed by atoms with Crippen LogP contribution in [0.15, 0.2) is 59.3 Å². The molecule has 0 unspecified atom stereocenters. The van der Waals surface area contributed by atoms with Crippen molar-refractivity contribution in [2.24, 2.45) is 0 Å². The van der Waals surface area contributed by atoms with Crippen LogP contribution in [0.3, 0.4) is 0 Å². The van der Waals surface area contributed by atoms with Crippen LogP contribution in [-0.2, 0) is 14.3 Å². The first kappa shape index (κ1) is 26.8. The number of amides is 3. The van der Waals surface area contributed by atoms with Crippen LogP contribution >= 0.6 is 22.9 Å². The molecule has 3 amide bonds. The topological polar surface area (TPSA) is 127 Å². The van der Waals surface area contributed by atoms with Gasteiger partial charge in [-0.05, 0) is 69.3 Å². The summed E-state index contributed by atoms with van der Waals surface area (Å²) in [6.07, 6.45) is 0. The van der Waals surface area contributed by atoms with E-state index in [1.807, 2.05) is 6.92 Å². The number of esters is 1. The number of anilines is 3. The van der Waals surface area contributed by atoms with E-state index >= 15 is 0 Å². The number of carbonyl (C=O) groups excluding carboxylic acids is 4. The normalized spacial score (nSPS) is 13.1. The maximum atomic E-state index is 13.0. The molecule has 0 radical (unpaired) electrons. The Labute approximate surface area is 227 Å². The van der Waals surface area contributed by atoms with Crippen LogP contribution in [0.4, 0.5) is 16.5 Å². The van der Waals surface area contributed by atoms with Gasteiger partial charge in [-0.15, -0.1) is 0 Å². The van der Waals surface area contributed by atoms with Gasteiger partial charge < -0.3 is 14.8 Å². The maximum Gasteiger partial charge on any atom is 0.350 e. The smallest absolute Gasteiger partial charge is 0.350 e. The second kappa shape index (κ2) is 11.4. The Kier molecular flexibility index (Phi) is 8.08. The number of aryl methyl sites for hydroxylation is 1. The van der Waals surface area contributed by atoms with Gasteiger partial charge in [-0.3, -0.25) is 19.7 Å². The van der Waals surface area contributed by atoms with Crippen molar-refractivity contribution in [3.8, 4) is 5.75 Å². The van der Waals surface area contributed by atoms with Crippen molar-refractivity contribution < 1.29 is 28.7 Å². The number of nitrogens with one attached hydrogen (secondary N) is 2. The van der Waals surface area contributed by atoms with Gasteiger partial charge in [0, 0.05) is 11.3 Å². The number of benzene rings is 2. The summed E-state index contributed by atoms with van der Waals surface area (Å²) in [7, 11) is 0. The fourth-order valence-electron chi connectivity index (χ4n) is 3.56. The summed E-state index contributed by atoms with van der Waals surface area (Å²) in [6, 6.07) is 12.7. The van der Waals surface area contributed by atoms with Crippen LogP contribution in [0.5, 0.6) is 5.75 Å². The van der Waals surface area contributed by atoms with E-state index in [2.05, 4.69) is 15.6 Å². The summed E-state index contributed by atoms with van der Waals surface area (Å²) in [5.74, 6) is -1.58. The lowest BCUT2D eigenvalue weighted by molar-refractivity contribution is -0.120. The average Bonchev–Trinajstić information content (AvgIpc) is 3.37. The highest BCUT2D eigenvalue weighted by molar-refractivity contribution is 7.17. The van der Waals surface area contributed by atoms with Crippen molar-refractivity contribution in [3.05, 3.63) is 75.4 Å². The fraction of sp³-hybridized carbons (Fsp3) is 0.192. The fourth-order valence-corrected chi connectivity index (χ4v) is 4.63. The molecule has 38 heavy (non-hydrogen) atoms. The van der Waals surface area contributed by atoms with Crippen LogP contribution in [0.25, 0.3) is 0 Å². The van der Waals surface area contributed by atoms with Gasteiger partial charge in [0.25, 0.3) is 17.7 Å². The molecule has 0 aliphatic carbocycles. The number of hydrogen-bond donors (Lipinski definition) is 2. The van der Waals surface area contributed by atoms with Gasteiger partial charge >= 0.3 is 5.97 Å². The second-order valence-electron chi connectivity index (χ2n) is 7.87. The number of rotatable bonds is 9. The van der Waals surface area contributed by atoms with Crippen molar-refractivity contribution in [2.45, 2.75) is 20.8 Å². The molecule has 0 spiro atoms. The second-order valence-corrected chi connectivity index (χ2v) is 9.25. The van der Waals surface area contributed by atoms with Crippen LogP contribution in [0.2, 0.25) is 0 Å². The van der Waals surface area contributed by atoms with Crippen molar-refractivity contribution in [1.82, 2.24) is 4.98 Å². The van der Waals surface area contributed by atoms with E-state index in [4.69, 9.17) is 21.1 Å². The molecule has 0 bridgehead atoms. The summed E-state index contributed by atoms with van der Waals surface area (Å²) in [4.78, 5) is 55.9. The third-order valence-corrected chi connectivity index (χ3v) is 6.73. The van der Waals surface area contributed by atoms with E-state index in [9.17, 15) is 19.2 Å². The third kappa shape index (κ3) is 5.53. The molecule has 12 heteroatoms. The van der Waals surface area contributed by atoms with E-state index in [1.165, 1.54) is 12.1 Å². The van der Waals surface area contributed by atoms with Gasteiger partial charge in [-0.2, -0.15) is 0 Å². The summed E-state index contributed by atoms with van der Waals surface area (Å²) in [5, 5.41) is 5.55. The zero-order valence-corrected chi connectivity index (χ0v) is 22.2. The van der Waals surface area contributed by atoms with E-state index in [-0.39, 0.29) is 22.5 Å². The van der Waals surface area contributed by atoms with E-state index in [0.29, 0.717) is 39.9 Å². The predicted octanol–water partition coefficient (Wildman–Crippen LogP) is 4.71. The Hall–Kier alpha value is -4.22. The van der Waals surface area contributed by atoms with Gasteiger partial charge in [-0.1, -0.05) is 22.9 Å². The van der Waals surface area contributed by atoms with E-state index in [0.717, 1.165) is 16.2 Å². The minimum atomic E-state index is -0.653. The molecule has 1 aliphatic heterocycles. The lowest BCUT2D eigenvalue weighted by atomic mass is 10.2. The summed E-state index contributed by atoms with van der Waals surface area (Å²) < 4.78 is 10.4. The Morgan fingerprint density at radius 2 is 1.68 bits per heavy atom. The average molecular weight is 555 g/mol. The minimum absolute atomic E-state index is 0.0764. The summed E-state index contributed by atoms with van der Waals surface area (Å²) >= 11 is 7.23. The minimum Gasteiger partial charge on any atom is -0.494 e. The van der Waals surface area contributed by atoms with E-state index in [1.54, 1.807) is 50.2 Å². The first-order valence-electron chi connectivity index (χ1n) is 11.6. The number of carbonyl (C=O) groups is 4. The molecular formula is C26H23ClN4O6S. The van der Waals surface area contributed by atoms with Crippen molar-refractivity contribution in [1.29, 1.82) is 0 Å². The highest BCUT2D eigenvalue weighted by Crippen LogP contribution is 2.31. The largest absolute Gasteiger partial charge is 0.494 e. The van der Waals surface area contributed by atoms with Crippen molar-refractivity contribution >= 4 is 63.1 Å². The van der Waals surface area contributed by atoms with Crippen molar-refractivity contribution in [2.75, 3.05) is 28.7 Å². The lowest BCUT2D eigenvalue weighted by Crippen LogP contribution is -2.32. The summed E-state index contributed by atoms with van der Waals surface area (Å²) in [6.45, 7) is 5.94. The van der Waals surface area contributed by atoms with E-state index < -0.39 is 23.7 Å². The molecule has 1 aliphatic rings. The number of imide groups is 1. The molecule has 196 valence electrons. The number of aromatic nitrogens is 1. The maximum absolute atomic E-state index is 13.0. The highest BCUT2D eigenvalue weighted by Gasteiger charge is 2.39. The lowest BCUT2D eigenvalue weighted by Gasteiger charge is -2.15. The Bertz CT molecular complexity index is 1430. The highest BCUT2D eigenvalue weighted by atomic mass is 35.5. The van der Waals surface area contributed by atoms with Gasteiger partial charge in [-0.25, -0.2) is 14.7 Å². The molecule has 2 heterocycles. The molecule has 0 fully saturated rings. The molecule has 1 aromatic heterocycles. The molecular weight excluding hydrogens is 532 g/mol. The first-order chi connectivity index (χ1) is 18.2. The van der Waals surface area contributed by atoms with Gasteiger partial charge in [0.2, 0.25) is 0 Å². The Morgan fingerprint density at radius 3 is 2.32 bits per heavy atom. The number of thiazole rings is 1. The molecule has 0 saturated heterocycles. The predicted molar refractivity (Wildman–Crippen MR) is 144 cm³/mol. The number of halogens is 1. The van der Waals surface area contributed by atoms with Crippen LogP contribution < -0.4 is 20.3 Å². The zero-order chi connectivity index (χ0) is 27.4. The SMILES string of the molecule is CCOC(=O)c1sc(NC(=O)c2ccc(NC3=C(Cl)C(=O)N(c4ccc(OCC)cc4)C3=O)cc2)nc1C. The monoisotopic (exact) mass is 554 g/mol. The molecule has 2 N–H and O–H groups in total. The number of nitrogens with zero attached hydrogens (tertiary/aromatic N) is 2. The zero-order valence-electron chi connectivity index (χ0n) is 20.7. The molecule has 3 aromatic rings. The Balaban J connectivity index is 1.43. The Morgan fingerprint density at radius 1 is 1.00 bits per heavy atom. The first-order valence-corrected chi connectivity index (χ1v) is 12.8. The molecule has 4 rings (SSSR count). The molecule has 10 nitrogen and oxygen atoms in total. The standard InChI is InChI=1S/C26H23ClN4O6S/c1-4-36-18-12-10-17(11-13-18)31-23(33)19(27)20(24(31)34)29-16-8-6-15(7-9-16)22(32)30-26-28-14(3)21(38-26)25(35)37-5-2/h6-13,29H,4-5H2,1-3H3,(H,28,30,32).